The molecule has 1 aliphatic heterocycles. The Bertz CT molecular complexity index is 537. The van der Waals surface area contributed by atoms with Crippen LogP contribution in [0.2, 0.25) is 0 Å². The van der Waals surface area contributed by atoms with E-state index in [1.807, 2.05) is 36.1 Å². The van der Waals surface area contributed by atoms with E-state index in [4.69, 9.17) is 15.2 Å². The molecule has 0 aromatic heterocycles. The SMILES string of the molecule is CCCC(C)(N)C(=O)N1CCC(OCc2ccccc2OC)CC1. The van der Waals surface area contributed by atoms with Crippen LogP contribution in [0.5, 0.6) is 5.75 Å². The molecule has 5 nitrogen and oxygen atoms in total. The summed E-state index contributed by atoms with van der Waals surface area (Å²) in [4.78, 5) is 14.4. The van der Waals surface area contributed by atoms with Crippen LogP contribution in [0.15, 0.2) is 24.3 Å². The summed E-state index contributed by atoms with van der Waals surface area (Å²) in [5.74, 6) is 0.913. The first-order valence-electron chi connectivity index (χ1n) is 8.79. The number of ether oxygens (including phenoxy) is 2. The number of carbonyl (C=O) groups is 1. The van der Waals surface area contributed by atoms with Gasteiger partial charge < -0.3 is 20.1 Å². The number of hydrogen-bond donors (Lipinski definition) is 1. The summed E-state index contributed by atoms with van der Waals surface area (Å²) in [5, 5.41) is 0. The zero-order valence-corrected chi connectivity index (χ0v) is 15.1. The van der Waals surface area contributed by atoms with E-state index in [0.717, 1.165) is 37.0 Å². The molecule has 1 amide bonds. The van der Waals surface area contributed by atoms with Crippen molar-refractivity contribution in [1.82, 2.24) is 4.90 Å². The molecule has 1 unspecified atom stereocenters. The van der Waals surface area contributed by atoms with Crippen LogP contribution in [-0.2, 0) is 16.1 Å². The van der Waals surface area contributed by atoms with Gasteiger partial charge in [0.15, 0.2) is 0 Å². The summed E-state index contributed by atoms with van der Waals surface area (Å²) in [6, 6.07) is 7.89. The second kappa shape index (κ2) is 8.49. The summed E-state index contributed by atoms with van der Waals surface area (Å²) < 4.78 is 11.4. The fourth-order valence-electron chi connectivity index (χ4n) is 3.24. The van der Waals surface area contributed by atoms with E-state index in [-0.39, 0.29) is 12.0 Å². The minimum Gasteiger partial charge on any atom is -0.496 e. The molecule has 0 spiro atoms. The maximum Gasteiger partial charge on any atom is 0.242 e. The first-order chi connectivity index (χ1) is 11.5. The van der Waals surface area contributed by atoms with Crippen LogP contribution in [-0.4, -0.2) is 42.6 Å². The van der Waals surface area contributed by atoms with Crippen molar-refractivity contribution in [2.24, 2.45) is 5.73 Å². The van der Waals surface area contributed by atoms with Gasteiger partial charge in [0.25, 0.3) is 0 Å². The number of para-hydroxylation sites is 1. The van der Waals surface area contributed by atoms with Gasteiger partial charge in [-0.3, -0.25) is 4.79 Å². The number of nitrogens with zero attached hydrogens (tertiary/aromatic N) is 1. The Labute approximate surface area is 145 Å². The minimum absolute atomic E-state index is 0.0625. The maximum absolute atomic E-state index is 12.5. The Morgan fingerprint density at radius 2 is 2.00 bits per heavy atom. The van der Waals surface area contributed by atoms with Gasteiger partial charge in [-0.05, 0) is 32.3 Å². The molecule has 134 valence electrons. The highest BCUT2D eigenvalue weighted by Gasteiger charge is 2.33. The predicted octanol–water partition coefficient (Wildman–Crippen LogP) is 2.72. The smallest absolute Gasteiger partial charge is 0.242 e. The van der Waals surface area contributed by atoms with Crippen molar-refractivity contribution in [3.05, 3.63) is 29.8 Å². The molecule has 24 heavy (non-hydrogen) atoms. The Hall–Kier alpha value is -1.59. The molecule has 1 fully saturated rings. The Morgan fingerprint density at radius 1 is 1.33 bits per heavy atom. The molecule has 2 N–H and O–H groups in total. The predicted molar refractivity (Wildman–Crippen MR) is 94.9 cm³/mol. The van der Waals surface area contributed by atoms with Crippen molar-refractivity contribution in [2.45, 2.75) is 57.8 Å². The summed E-state index contributed by atoms with van der Waals surface area (Å²) in [6.07, 6.45) is 3.51. The van der Waals surface area contributed by atoms with Gasteiger partial charge in [-0.25, -0.2) is 0 Å². The highest BCUT2D eigenvalue weighted by molar-refractivity contribution is 5.85. The van der Waals surface area contributed by atoms with E-state index in [1.165, 1.54) is 0 Å². The van der Waals surface area contributed by atoms with Crippen molar-refractivity contribution in [3.8, 4) is 5.75 Å². The monoisotopic (exact) mass is 334 g/mol. The summed E-state index contributed by atoms with van der Waals surface area (Å²) in [7, 11) is 1.67. The molecule has 5 heteroatoms. The zero-order chi connectivity index (χ0) is 17.6. The van der Waals surface area contributed by atoms with Crippen molar-refractivity contribution in [2.75, 3.05) is 20.2 Å². The van der Waals surface area contributed by atoms with E-state index in [0.29, 0.717) is 19.7 Å². The van der Waals surface area contributed by atoms with Crippen molar-refractivity contribution >= 4 is 5.91 Å². The normalized spacial score (nSPS) is 18.2. The molecule has 2 rings (SSSR count). The number of amides is 1. The third-order valence-corrected chi connectivity index (χ3v) is 4.65. The number of carbonyl (C=O) groups excluding carboxylic acids is 1. The maximum atomic E-state index is 12.5. The van der Waals surface area contributed by atoms with Gasteiger partial charge in [0, 0.05) is 18.7 Å². The van der Waals surface area contributed by atoms with Crippen LogP contribution in [0.25, 0.3) is 0 Å². The molecular formula is C19H30N2O3. The first kappa shape index (κ1) is 18.7. The lowest BCUT2D eigenvalue weighted by molar-refractivity contribution is -0.139. The third kappa shape index (κ3) is 4.71. The minimum atomic E-state index is -0.750. The third-order valence-electron chi connectivity index (χ3n) is 4.65. The average Bonchev–Trinajstić information content (AvgIpc) is 2.60. The molecule has 1 atom stereocenters. The molecule has 0 radical (unpaired) electrons. The lowest BCUT2D eigenvalue weighted by Crippen LogP contribution is -2.55. The van der Waals surface area contributed by atoms with Crippen molar-refractivity contribution in [3.63, 3.8) is 0 Å². The van der Waals surface area contributed by atoms with Gasteiger partial charge in [0.2, 0.25) is 5.91 Å². The van der Waals surface area contributed by atoms with E-state index in [2.05, 4.69) is 6.92 Å². The van der Waals surface area contributed by atoms with Crippen LogP contribution < -0.4 is 10.5 Å². The van der Waals surface area contributed by atoms with Gasteiger partial charge in [0.1, 0.15) is 5.75 Å². The molecule has 1 aromatic rings. The number of methoxy groups -OCH3 is 1. The molecular weight excluding hydrogens is 304 g/mol. The van der Waals surface area contributed by atoms with E-state index in [1.54, 1.807) is 7.11 Å². The summed E-state index contributed by atoms with van der Waals surface area (Å²) in [6.45, 7) is 5.85. The summed E-state index contributed by atoms with van der Waals surface area (Å²) >= 11 is 0. The Kier molecular flexibility index (Phi) is 6.63. The molecule has 0 aliphatic carbocycles. The fourth-order valence-corrected chi connectivity index (χ4v) is 3.24. The molecule has 1 heterocycles. The highest BCUT2D eigenvalue weighted by atomic mass is 16.5. The molecule has 1 saturated heterocycles. The van der Waals surface area contributed by atoms with Gasteiger partial charge in [-0.15, -0.1) is 0 Å². The lowest BCUT2D eigenvalue weighted by Gasteiger charge is -2.36. The second-order valence-corrected chi connectivity index (χ2v) is 6.78. The number of benzene rings is 1. The second-order valence-electron chi connectivity index (χ2n) is 6.78. The largest absolute Gasteiger partial charge is 0.496 e. The standard InChI is InChI=1S/C19H30N2O3/c1-4-11-19(2,20)18(22)21-12-9-16(10-13-21)24-14-15-7-5-6-8-17(15)23-3/h5-8,16H,4,9-14,20H2,1-3H3. The first-order valence-corrected chi connectivity index (χ1v) is 8.79. The Balaban J connectivity index is 1.82. The fraction of sp³-hybridized carbons (Fsp3) is 0.632. The topological polar surface area (TPSA) is 64.8 Å². The van der Waals surface area contributed by atoms with Gasteiger partial charge >= 0.3 is 0 Å². The van der Waals surface area contributed by atoms with Gasteiger partial charge in [-0.1, -0.05) is 31.5 Å². The van der Waals surface area contributed by atoms with Crippen LogP contribution in [0.4, 0.5) is 0 Å². The van der Waals surface area contributed by atoms with E-state index >= 15 is 0 Å². The van der Waals surface area contributed by atoms with Crippen LogP contribution >= 0.6 is 0 Å². The van der Waals surface area contributed by atoms with E-state index in [9.17, 15) is 4.79 Å². The van der Waals surface area contributed by atoms with Crippen LogP contribution in [0.3, 0.4) is 0 Å². The van der Waals surface area contributed by atoms with E-state index < -0.39 is 5.54 Å². The number of piperidine rings is 1. The average molecular weight is 334 g/mol. The number of nitrogens with two attached hydrogens (primary N) is 1. The molecule has 1 aromatic carbocycles. The molecule has 0 bridgehead atoms. The number of rotatable bonds is 7. The van der Waals surface area contributed by atoms with Gasteiger partial charge in [-0.2, -0.15) is 0 Å². The number of hydrogen-bond acceptors (Lipinski definition) is 4. The zero-order valence-electron chi connectivity index (χ0n) is 15.1. The van der Waals surface area contributed by atoms with Crippen LogP contribution in [0, 0.1) is 0 Å². The summed E-state index contributed by atoms with van der Waals surface area (Å²) in [5.41, 5.74) is 6.47. The van der Waals surface area contributed by atoms with Crippen molar-refractivity contribution < 1.29 is 14.3 Å². The lowest BCUT2D eigenvalue weighted by atomic mass is 9.94. The van der Waals surface area contributed by atoms with Gasteiger partial charge in [0.05, 0.1) is 25.4 Å². The Morgan fingerprint density at radius 3 is 2.62 bits per heavy atom. The molecule has 1 aliphatic rings. The highest BCUT2D eigenvalue weighted by Crippen LogP contribution is 2.23. The molecule has 0 saturated carbocycles. The quantitative estimate of drug-likeness (QED) is 0.833. The van der Waals surface area contributed by atoms with Crippen molar-refractivity contribution in [1.29, 1.82) is 0 Å². The number of likely N-dealkylation sites (tertiary alicyclic amines) is 1. The van der Waals surface area contributed by atoms with Crippen LogP contribution in [0.1, 0.15) is 45.1 Å².